The van der Waals surface area contributed by atoms with Gasteiger partial charge in [-0.25, -0.2) is 4.98 Å². The first-order chi connectivity index (χ1) is 12.5. The monoisotopic (exact) mass is 372 g/mol. The lowest BCUT2D eigenvalue weighted by Crippen LogP contribution is -2.56. The van der Waals surface area contributed by atoms with Gasteiger partial charge < -0.3 is 20.3 Å². The molecule has 2 N–H and O–H groups in total. The molecule has 3 saturated heterocycles. The zero-order chi connectivity index (χ0) is 18.1. The number of nitrogens with two attached hydrogens (primary N) is 1. The van der Waals surface area contributed by atoms with Crippen LogP contribution in [-0.2, 0) is 9.53 Å². The van der Waals surface area contributed by atoms with E-state index in [2.05, 4.69) is 4.98 Å². The van der Waals surface area contributed by atoms with Crippen LogP contribution < -0.4 is 5.73 Å². The number of likely N-dealkylation sites (tertiary alicyclic amines) is 1. The zero-order valence-corrected chi connectivity index (χ0v) is 15.3. The predicted molar refractivity (Wildman–Crippen MR) is 97.8 cm³/mol. The maximum atomic E-state index is 13.3. The van der Waals surface area contributed by atoms with Gasteiger partial charge in [0.15, 0.2) is 10.9 Å². The molecule has 2 aromatic rings. The summed E-state index contributed by atoms with van der Waals surface area (Å²) in [6, 6.07) is 3.52. The highest BCUT2D eigenvalue weighted by Gasteiger charge is 2.61. The van der Waals surface area contributed by atoms with Crippen LogP contribution in [0.5, 0.6) is 0 Å². The van der Waals surface area contributed by atoms with Gasteiger partial charge in [0.2, 0.25) is 5.91 Å². The van der Waals surface area contributed by atoms with Crippen molar-refractivity contribution in [2.24, 2.45) is 0 Å². The molecule has 3 aliphatic rings. The molecule has 0 radical (unpaired) electrons. The Hall–Kier alpha value is -2.19. The van der Waals surface area contributed by atoms with E-state index in [9.17, 15) is 9.59 Å². The SMILES string of the molecule is Cc1cc(C(=O)N2CC[C@@]34OCCCN3C(=O)C[C@@H]24)cc2sc(N)nc12. The van der Waals surface area contributed by atoms with E-state index < -0.39 is 5.72 Å². The molecule has 0 bridgehead atoms. The molecular weight excluding hydrogens is 352 g/mol. The fourth-order valence-electron chi connectivity index (χ4n) is 4.70. The van der Waals surface area contributed by atoms with Crippen LogP contribution in [0.15, 0.2) is 12.1 Å². The summed E-state index contributed by atoms with van der Waals surface area (Å²) in [7, 11) is 0. The summed E-state index contributed by atoms with van der Waals surface area (Å²) in [6.07, 6.45) is 1.89. The number of hydrogen-bond donors (Lipinski definition) is 1. The maximum Gasteiger partial charge on any atom is 0.254 e. The Bertz CT molecular complexity index is 942. The second kappa shape index (κ2) is 5.40. The van der Waals surface area contributed by atoms with Crippen molar-refractivity contribution in [1.29, 1.82) is 0 Å². The molecule has 0 saturated carbocycles. The normalized spacial score (nSPS) is 27.9. The van der Waals surface area contributed by atoms with Gasteiger partial charge in [-0.15, -0.1) is 0 Å². The van der Waals surface area contributed by atoms with E-state index in [-0.39, 0.29) is 17.9 Å². The Morgan fingerprint density at radius 1 is 1.42 bits per heavy atom. The third-order valence-electron chi connectivity index (χ3n) is 5.82. The Morgan fingerprint density at radius 2 is 2.27 bits per heavy atom. The first-order valence-electron chi connectivity index (χ1n) is 8.92. The number of nitrogens with zero attached hydrogens (tertiary/aromatic N) is 3. The zero-order valence-electron chi connectivity index (χ0n) is 14.5. The van der Waals surface area contributed by atoms with Crippen molar-refractivity contribution in [3.05, 3.63) is 23.3 Å². The van der Waals surface area contributed by atoms with Crippen LogP contribution in [-0.4, -0.2) is 58.1 Å². The third kappa shape index (κ3) is 2.05. The number of nitrogen functional groups attached to an aromatic ring is 1. The van der Waals surface area contributed by atoms with E-state index in [0.717, 1.165) is 28.7 Å². The lowest BCUT2D eigenvalue weighted by atomic mass is 10.0. The molecule has 0 unspecified atom stereocenters. The van der Waals surface area contributed by atoms with Crippen molar-refractivity contribution in [2.75, 3.05) is 25.4 Å². The van der Waals surface area contributed by atoms with Gasteiger partial charge >= 0.3 is 0 Å². The van der Waals surface area contributed by atoms with Gasteiger partial charge in [-0.05, 0) is 31.0 Å². The quantitative estimate of drug-likeness (QED) is 0.824. The molecule has 5 rings (SSSR count). The molecule has 1 spiro atoms. The summed E-state index contributed by atoms with van der Waals surface area (Å²) in [5.41, 5.74) is 7.61. The van der Waals surface area contributed by atoms with Crippen LogP contribution >= 0.6 is 11.3 Å². The van der Waals surface area contributed by atoms with Crippen LogP contribution in [0.2, 0.25) is 0 Å². The number of carbonyl (C=O) groups excluding carboxylic acids is 2. The average Bonchev–Trinajstić information content (AvgIpc) is 3.24. The van der Waals surface area contributed by atoms with E-state index in [1.165, 1.54) is 11.3 Å². The van der Waals surface area contributed by atoms with Crippen LogP contribution in [0.1, 0.15) is 35.2 Å². The standard InChI is InChI=1S/C18H20N4O3S/c1-10-7-11(8-12-15(10)20-17(19)26-12)16(24)21-5-3-18-13(21)9-14(23)22(18)4-2-6-25-18/h7-8,13H,2-6,9H2,1H3,(H2,19,20)/t13-,18+/m1/s1. The topological polar surface area (TPSA) is 88.8 Å². The lowest BCUT2D eigenvalue weighted by Gasteiger charge is -2.42. The van der Waals surface area contributed by atoms with Crippen LogP contribution in [0.4, 0.5) is 5.13 Å². The Kier molecular flexibility index (Phi) is 3.33. The molecule has 136 valence electrons. The first kappa shape index (κ1) is 16.0. The molecule has 2 amide bonds. The van der Waals surface area contributed by atoms with Crippen LogP contribution in [0, 0.1) is 6.92 Å². The molecule has 1 aromatic heterocycles. The number of benzene rings is 1. The summed E-state index contributed by atoms with van der Waals surface area (Å²) in [5.74, 6) is 0.0433. The largest absolute Gasteiger partial charge is 0.375 e. The molecule has 4 heterocycles. The highest BCUT2D eigenvalue weighted by atomic mass is 32.1. The molecule has 3 fully saturated rings. The summed E-state index contributed by atoms with van der Waals surface area (Å²) in [4.78, 5) is 33.7. The molecule has 26 heavy (non-hydrogen) atoms. The number of carbonyl (C=O) groups is 2. The van der Waals surface area contributed by atoms with E-state index in [1.54, 1.807) is 0 Å². The number of fused-ring (bicyclic) bond motifs is 1. The number of aromatic nitrogens is 1. The summed E-state index contributed by atoms with van der Waals surface area (Å²) in [6.45, 7) is 3.92. The fraction of sp³-hybridized carbons (Fsp3) is 0.500. The Morgan fingerprint density at radius 3 is 3.12 bits per heavy atom. The Balaban J connectivity index is 1.51. The van der Waals surface area contributed by atoms with Gasteiger partial charge in [0.25, 0.3) is 5.91 Å². The summed E-state index contributed by atoms with van der Waals surface area (Å²) < 4.78 is 7.00. The van der Waals surface area contributed by atoms with Crippen molar-refractivity contribution in [1.82, 2.24) is 14.8 Å². The van der Waals surface area contributed by atoms with Crippen molar-refractivity contribution in [3.8, 4) is 0 Å². The van der Waals surface area contributed by atoms with Gasteiger partial charge in [0, 0.05) is 25.1 Å². The Labute approximate surface area is 154 Å². The van der Waals surface area contributed by atoms with Crippen LogP contribution in [0.3, 0.4) is 0 Å². The predicted octanol–water partition coefficient (Wildman–Crippen LogP) is 1.75. The van der Waals surface area contributed by atoms with E-state index >= 15 is 0 Å². The van der Waals surface area contributed by atoms with Gasteiger partial charge in [-0.2, -0.15) is 0 Å². The smallest absolute Gasteiger partial charge is 0.254 e. The second-order valence-corrected chi connectivity index (χ2v) is 8.31. The van der Waals surface area contributed by atoms with Crippen LogP contribution in [0.25, 0.3) is 10.2 Å². The number of ether oxygens (including phenoxy) is 1. The third-order valence-corrected chi connectivity index (χ3v) is 6.65. The average molecular weight is 372 g/mol. The van der Waals surface area contributed by atoms with Gasteiger partial charge in [-0.3, -0.25) is 9.59 Å². The number of amides is 2. The maximum absolute atomic E-state index is 13.3. The second-order valence-electron chi connectivity index (χ2n) is 7.25. The fourth-order valence-corrected chi connectivity index (χ4v) is 5.55. The van der Waals surface area contributed by atoms with Gasteiger partial charge in [0.05, 0.1) is 29.3 Å². The number of rotatable bonds is 1. The molecule has 8 heteroatoms. The van der Waals surface area contributed by atoms with Gasteiger partial charge in [0.1, 0.15) is 0 Å². The minimum absolute atomic E-state index is 0.0485. The molecule has 2 atom stereocenters. The summed E-state index contributed by atoms with van der Waals surface area (Å²) >= 11 is 1.39. The van der Waals surface area contributed by atoms with Crippen molar-refractivity contribution >= 4 is 38.5 Å². The van der Waals surface area contributed by atoms with Crippen molar-refractivity contribution in [2.45, 2.75) is 38.0 Å². The minimum Gasteiger partial charge on any atom is -0.375 e. The molecule has 7 nitrogen and oxygen atoms in total. The lowest BCUT2D eigenvalue weighted by molar-refractivity contribution is -0.179. The van der Waals surface area contributed by atoms with E-state index in [0.29, 0.717) is 36.7 Å². The highest BCUT2D eigenvalue weighted by Crippen LogP contribution is 2.45. The highest BCUT2D eigenvalue weighted by molar-refractivity contribution is 7.22. The summed E-state index contributed by atoms with van der Waals surface area (Å²) in [5, 5.41) is 0.500. The number of anilines is 1. The molecular formula is C18H20N4O3S. The van der Waals surface area contributed by atoms with Crippen molar-refractivity contribution < 1.29 is 14.3 Å². The van der Waals surface area contributed by atoms with Gasteiger partial charge in [-0.1, -0.05) is 11.3 Å². The molecule has 1 aromatic carbocycles. The number of thiazole rings is 1. The molecule has 0 aliphatic carbocycles. The molecule has 3 aliphatic heterocycles. The van der Waals surface area contributed by atoms with Crippen molar-refractivity contribution in [3.63, 3.8) is 0 Å². The van der Waals surface area contributed by atoms with E-state index in [1.807, 2.05) is 28.9 Å². The minimum atomic E-state index is -0.612. The first-order valence-corrected chi connectivity index (χ1v) is 9.73. The van der Waals surface area contributed by atoms with E-state index in [4.69, 9.17) is 10.5 Å². The number of hydrogen-bond acceptors (Lipinski definition) is 6. The number of aryl methyl sites for hydroxylation is 1.